The molecule has 5 amide bonds. The maximum Gasteiger partial charge on any atom is 0.326 e. The molecule has 13 nitrogen and oxygen atoms in total. The van der Waals surface area contributed by atoms with Crippen molar-refractivity contribution in [1.29, 1.82) is 0 Å². The lowest BCUT2D eigenvalue weighted by Gasteiger charge is -2.32. The molecule has 0 aliphatic carbocycles. The number of nitrogens with two attached hydrogens (primary N) is 1. The van der Waals surface area contributed by atoms with Gasteiger partial charge >= 0.3 is 5.97 Å². The summed E-state index contributed by atoms with van der Waals surface area (Å²) in [6, 6.07) is 4.45. The van der Waals surface area contributed by atoms with Crippen LogP contribution in [0.4, 0.5) is 0 Å². The van der Waals surface area contributed by atoms with Gasteiger partial charge in [0.15, 0.2) is 0 Å². The van der Waals surface area contributed by atoms with Crippen LogP contribution in [0, 0.1) is 11.8 Å². The molecule has 6 N–H and O–H groups in total. The van der Waals surface area contributed by atoms with Crippen LogP contribution in [0.25, 0.3) is 0 Å². The number of aliphatic carboxylic acids is 1. The summed E-state index contributed by atoms with van der Waals surface area (Å²) in [4.78, 5) is 81.3. The first-order valence-electron chi connectivity index (χ1n) is 15.9. The molecule has 0 aromatic heterocycles. The van der Waals surface area contributed by atoms with Crippen LogP contribution in [0.5, 0.6) is 0 Å². The molecule has 2 aliphatic heterocycles. The summed E-state index contributed by atoms with van der Waals surface area (Å²) in [6.45, 7) is 7.53. The molecule has 1 aromatic carbocycles. The molecule has 1 aromatic rings. The van der Waals surface area contributed by atoms with Gasteiger partial charge in [0.05, 0.1) is 6.54 Å². The van der Waals surface area contributed by atoms with Crippen molar-refractivity contribution in [3.8, 4) is 0 Å². The largest absolute Gasteiger partial charge is 0.480 e. The maximum atomic E-state index is 14.1. The second-order valence-corrected chi connectivity index (χ2v) is 12.3. The quantitative estimate of drug-likeness (QED) is 0.196. The minimum Gasteiger partial charge on any atom is -0.480 e. The summed E-state index contributed by atoms with van der Waals surface area (Å²) >= 11 is 0. The van der Waals surface area contributed by atoms with E-state index in [1.54, 1.807) is 20.8 Å². The van der Waals surface area contributed by atoms with Crippen LogP contribution >= 0.6 is 0 Å². The van der Waals surface area contributed by atoms with Gasteiger partial charge in [0.2, 0.25) is 29.5 Å². The number of nitrogens with zero attached hydrogens (tertiary/aromatic N) is 2. The van der Waals surface area contributed by atoms with E-state index >= 15 is 0 Å². The van der Waals surface area contributed by atoms with Crippen LogP contribution in [0.1, 0.15) is 65.4 Å². The lowest BCUT2D eigenvalue weighted by molar-refractivity contribution is -0.145. The summed E-state index contributed by atoms with van der Waals surface area (Å²) in [6.07, 6.45) is 2.73. The van der Waals surface area contributed by atoms with Gasteiger partial charge in [0, 0.05) is 19.5 Å². The molecule has 2 heterocycles. The first-order valence-corrected chi connectivity index (χ1v) is 15.9. The summed E-state index contributed by atoms with van der Waals surface area (Å²) in [5.74, 6) is -4.19. The van der Waals surface area contributed by atoms with E-state index in [0.29, 0.717) is 38.6 Å². The van der Waals surface area contributed by atoms with Crippen molar-refractivity contribution in [1.82, 2.24) is 25.8 Å². The fraction of sp³-hybridized carbons (Fsp3) is 0.625. The van der Waals surface area contributed by atoms with Crippen LogP contribution < -0.4 is 21.7 Å². The van der Waals surface area contributed by atoms with Crippen molar-refractivity contribution in [3.63, 3.8) is 0 Å². The first kappa shape index (κ1) is 35.5. The van der Waals surface area contributed by atoms with Gasteiger partial charge < -0.3 is 36.6 Å². The first-order chi connectivity index (χ1) is 21.4. The number of carbonyl (C=O) groups excluding carboxylic acids is 5. The predicted octanol–water partition coefficient (Wildman–Crippen LogP) is 0.411. The van der Waals surface area contributed by atoms with Gasteiger partial charge in [-0.2, -0.15) is 0 Å². The Morgan fingerprint density at radius 3 is 2.00 bits per heavy atom. The molecule has 0 radical (unpaired) electrons. The molecule has 0 spiro atoms. The fourth-order valence-corrected chi connectivity index (χ4v) is 5.99. The Kier molecular flexibility index (Phi) is 12.9. The van der Waals surface area contributed by atoms with Crippen LogP contribution in [0.3, 0.4) is 0 Å². The van der Waals surface area contributed by atoms with Crippen molar-refractivity contribution in [2.75, 3.05) is 19.6 Å². The Balaban J connectivity index is 1.79. The van der Waals surface area contributed by atoms with Crippen molar-refractivity contribution in [2.24, 2.45) is 17.6 Å². The van der Waals surface area contributed by atoms with E-state index in [-0.39, 0.29) is 37.3 Å². The Morgan fingerprint density at radius 1 is 0.867 bits per heavy atom. The highest BCUT2D eigenvalue weighted by atomic mass is 16.4. The molecule has 0 saturated carbocycles. The van der Waals surface area contributed by atoms with Gasteiger partial charge in [-0.1, -0.05) is 64.4 Å². The SMILES string of the molecule is CC[C@H](C)[C@H](NC(=O)[C@@H](NC(=O)[C@@H]1CCCN1C(=O)[C@H](Cc1ccccc1)NC(=O)[C@@H]1CCCN1C(=O)CN)C(C)C)C(=O)O. The van der Waals surface area contributed by atoms with E-state index in [2.05, 4.69) is 16.0 Å². The monoisotopic (exact) mass is 628 g/mol. The third-order valence-corrected chi connectivity index (χ3v) is 8.81. The number of hydrogen-bond donors (Lipinski definition) is 5. The normalized spacial score (nSPS) is 20.7. The number of rotatable bonds is 14. The summed E-state index contributed by atoms with van der Waals surface area (Å²) in [7, 11) is 0. The molecular weight excluding hydrogens is 580 g/mol. The van der Waals surface area contributed by atoms with Gasteiger partial charge in [-0.3, -0.25) is 24.0 Å². The number of nitrogens with one attached hydrogen (secondary N) is 3. The number of benzene rings is 1. The number of carboxylic acid groups (broad SMARTS) is 1. The van der Waals surface area contributed by atoms with E-state index in [1.165, 1.54) is 9.80 Å². The Hall–Kier alpha value is -4.00. The highest BCUT2D eigenvalue weighted by Gasteiger charge is 2.41. The van der Waals surface area contributed by atoms with E-state index in [0.717, 1.165) is 5.56 Å². The summed E-state index contributed by atoms with van der Waals surface area (Å²) in [5, 5.41) is 17.8. The molecule has 248 valence electrons. The molecular formula is C32H48N6O7. The number of hydrogen-bond acceptors (Lipinski definition) is 7. The highest BCUT2D eigenvalue weighted by Crippen LogP contribution is 2.22. The zero-order chi connectivity index (χ0) is 33.3. The molecule has 2 saturated heterocycles. The van der Waals surface area contributed by atoms with Gasteiger partial charge in [-0.05, 0) is 43.1 Å². The third kappa shape index (κ3) is 9.03. The van der Waals surface area contributed by atoms with Crippen molar-refractivity contribution >= 4 is 35.5 Å². The minimum atomic E-state index is -1.15. The molecule has 2 aliphatic rings. The van der Waals surface area contributed by atoms with E-state index in [1.807, 2.05) is 37.3 Å². The summed E-state index contributed by atoms with van der Waals surface area (Å²) < 4.78 is 0. The van der Waals surface area contributed by atoms with E-state index in [4.69, 9.17) is 5.73 Å². The molecule has 6 atom stereocenters. The summed E-state index contributed by atoms with van der Waals surface area (Å²) in [5.41, 5.74) is 6.36. The predicted molar refractivity (Wildman–Crippen MR) is 166 cm³/mol. The third-order valence-electron chi connectivity index (χ3n) is 8.81. The van der Waals surface area contributed by atoms with E-state index < -0.39 is 59.8 Å². The Morgan fingerprint density at radius 2 is 1.44 bits per heavy atom. The van der Waals surface area contributed by atoms with Crippen molar-refractivity contribution in [2.45, 2.75) is 96.4 Å². The standard InChI is InChI=1S/C32H48N6O7/c1-5-20(4)27(32(44)45)36-30(42)26(19(2)3)35-29(41)24-14-10-16-38(24)31(43)22(17-21-11-7-6-8-12-21)34-28(40)23-13-9-15-37(23)25(39)18-33/h6-8,11-12,19-20,22-24,26-27H,5,9-10,13-18,33H2,1-4H3,(H,34,40)(H,35,41)(H,36,42)(H,44,45)/t20-,22-,23-,24-,26-,27-/m0/s1. The molecule has 0 bridgehead atoms. The zero-order valence-corrected chi connectivity index (χ0v) is 26.7. The average molecular weight is 629 g/mol. The molecule has 2 fully saturated rings. The maximum absolute atomic E-state index is 14.1. The van der Waals surface area contributed by atoms with Crippen LogP contribution in [0.2, 0.25) is 0 Å². The highest BCUT2D eigenvalue weighted by molar-refractivity contribution is 5.96. The van der Waals surface area contributed by atoms with Crippen LogP contribution in [-0.2, 0) is 35.2 Å². The second-order valence-electron chi connectivity index (χ2n) is 12.3. The van der Waals surface area contributed by atoms with Crippen molar-refractivity contribution in [3.05, 3.63) is 35.9 Å². The minimum absolute atomic E-state index is 0.178. The Labute approximate surface area is 264 Å². The van der Waals surface area contributed by atoms with Gasteiger partial charge in [0.25, 0.3) is 0 Å². The van der Waals surface area contributed by atoms with Gasteiger partial charge in [-0.15, -0.1) is 0 Å². The van der Waals surface area contributed by atoms with E-state index in [9.17, 15) is 33.9 Å². The topological polar surface area (TPSA) is 191 Å². The smallest absolute Gasteiger partial charge is 0.326 e. The molecule has 13 heteroatoms. The van der Waals surface area contributed by atoms with Gasteiger partial charge in [0.1, 0.15) is 30.2 Å². The molecule has 3 rings (SSSR count). The second kappa shape index (κ2) is 16.4. The molecule has 45 heavy (non-hydrogen) atoms. The number of likely N-dealkylation sites (tertiary alicyclic amines) is 2. The van der Waals surface area contributed by atoms with Gasteiger partial charge in [-0.25, -0.2) is 4.79 Å². The van der Waals surface area contributed by atoms with Crippen molar-refractivity contribution < 1.29 is 33.9 Å². The fourth-order valence-electron chi connectivity index (χ4n) is 5.99. The zero-order valence-electron chi connectivity index (χ0n) is 26.7. The van der Waals surface area contributed by atoms with Crippen LogP contribution in [0.15, 0.2) is 30.3 Å². The van der Waals surface area contributed by atoms with Crippen LogP contribution in [-0.4, -0.2) is 100 Å². The Bertz CT molecular complexity index is 1230. The lowest BCUT2D eigenvalue weighted by Crippen LogP contribution is -2.60. The number of carboxylic acids is 1. The average Bonchev–Trinajstić information content (AvgIpc) is 3.72. The lowest BCUT2D eigenvalue weighted by atomic mass is 9.97. The number of amides is 5. The number of carbonyl (C=O) groups is 6. The molecule has 0 unspecified atom stereocenters.